The summed E-state index contributed by atoms with van der Waals surface area (Å²) in [5, 5.41) is 5.15. The highest BCUT2D eigenvalue weighted by Crippen LogP contribution is 2.44. The number of nitrogens with one attached hydrogen (secondary N) is 1. The lowest BCUT2D eigenvalue weighted by Crippen LogP contribution is -2.40. The number of thiazole rings is 1. The van der Waals surface area contributed by atoms with Gasteiger partial charge in [-0.1, -0.05) is 13.8 Å². The van der Waals surface area contributed by atoms with Crippen LogP contribution in [0.1, 0.15) is 61.5 Å². The molecule has 1 fully saturated rings. The zero-order valence-corrected chi connectivity index (χ0v) is 12.4. The van der Waals surface area contributed by atoms with Gasteiger partial charge in [-0.25, -0.2) is 4.98 Å². The van der Waals surface area contributed by atoms with Crippen LogP contribution < -0.4 is 5.32 Å². The predicted octanol–water partition coefficient (Wildman–Crippen LogP) is 3.65. The van der Waals surface area contributed by atoms with Crippen LogP contribution in [0.15, 0.2) is 0 Å². The van der Waals surface area contributed by atoms with E-state index in [0.717, 1.165) is 12.5 Å². The minimum atomic E-state index is 0.205. The zero-order valence-electron chi connectivity index (χ0n) is 11.6. The standard InChI is InChI=1S/C15H24N2S/c1-3-16-15(9-8-11(2)10-15)14-17-12-6-4-5-7-13(12)18-14/h11,16H,3-10H2,1-2H3. The Morgan fingerprint density at radius 2 is 2.22 bits per heavy atom. The third kappa shape index (κ3) is 2.12. The Morgan fingerprint density at radius 1 is 1.39 bits per heavy atom. The summed E-state index contributed by atoms with van der Waals surface area (Å²) in [4.78, 5) is 6.59. The van der Waals surface area contributed by atoms with E-state index in [-0.39, 0.29) is 5.54 Å². The van der Waals surface area contributed by atoms with Crippen LogP contribution in [0, 0.1) is 5.92 Å². The highest BCUT2D eigenvalue weighted by atomic mass is 32.1. The molecule has 100 valence electrons. The third-order valence-electron chi connectivity index (χ3n) is 4.53. The van der Waals surface area contributed by atoms with Gasteiger partial charge in [0, 0.05) is 4.88 Å². The molecule has 2 aliphatic carbocycles. The Labute approximate surface area is 114 Å². The molecule has 1 saturated carbocycles. The zero-order chi connectivity index (χ0) is 12.6. The maximum atomic E-state index is 5.01. The van der Waals surface area contributed by atoms with Gasteiger partial charge in [0.05, 0.1) is 11.2 Å². The van der Waals surface area contributed by atoms with Crippen molar-refractivity contribution in [2.24, 2.45) is 5.92 Å². The Kier molecular flexibility index (Phi) is 3.46. The van der Waals surface area contributed by atoms with Crippen molar-refractivity contribution in [1.82, 2.24) is 10.3 Å². The highest BCUT2D eigenvalue weighted by Gasteiger charge is 2.41. The fraction of sp³-hybridized carbons (Fsp3) is 0.800. The Bertz CT molecular complexity index is 399. The van der Waals surface area contributed by atoms with Crippen LogP contribution in [0.25, 0.3) is 0 Å². The Hall–Kier alpha value is -0.410. The van der Waals surface area contributed by atoms with Crippen LogP contribution in [-0.4, -0.2) is 11.5 Å². The first-order chi connectivity index (χ1) is 8.73. The van der Waals surface area contributed by atoms with E-state index in [2.05, 4.69) is 19.2 Å². The Morgan fingerprint density at radius 3 is 2.89 bits per heavy atom. The highest BCUT2D eigenvalue weighted by molar-refractivity contribution is 7.11. The summed E-state index contributed by atoms with van der Waals surface area (Å²) in [5.41, 5.74) is 1.62. The van der Waals surface area contributed by atoms with Crippen LogP contribution in [-0.2, 0) is 18.4 Å². The molecule has 2 atom stereocenters. The molecule has 0 radical (unpaired) electrons. The van der Waals surface area contributed by atoms with Crippen molar-refractivity contribution in [1.29, 1.82) is 0 Å². The molecule has 1 N–H and O–H groups in total. The van der Waals surface area contributed by atoms with Crippen LogP contribution in [0.2, 0.25) is 0 Å². The van der Waals surface area contributed by atoms with Crippen molar-refractivity contribution in [2.75, 3.05) is 6.54 Å². The fourth-order valence-corrected chi connectivity index (χ4v) is 4.97. The van der Waals surface area contributed by atoms with E-state index in [1.165, 1.54) is 55.6 Å². The number of aryl methyl sites for hydroxylation is 2. The molecule has 3 rings (SSSR count). The van der Waals surface area contributed by atoms with Gasteiger partial charge in [0.15, 0.2) is 0 Å². The van der Waals surface area contributed by atoms with Crippen LogP contribution in [0.4, 0.5) is 0 Å². The van der Waals surface area contributed by atoms with Crippen molar-refractivity contribution >= 4 is 11.3 Å². The number of aromatic nitrogens is 1. The predicted molar refractivity (Wildman–Crippen MR) is 77.1 cm³/mol. The minimum Gasteiger partial charge on any atom is -0.306 e. The van der Waals surface area contributed by atoms with Gasteiger partial charge in [0.2, 0.25) is 0 Å². The molecule has 0 bridgehead atoms. The smallest absolute Gasteiger partial charge is 0.113 e. The maximum Gasteiger partial charge on any atom is 0.113 e. The second-order valence-corrected chi connectivity index (χ2v) is 7.14. The summed E-state index contributed by atoms with van der Waals surface area (Å²) < 4.78 is 0. The second-order valence-electron chi connectivity index (χ2n) is 6.06. The summed E-state index contributed by atoms with van der Waals surface area (Å²) in [6.07, 6.45) is 9.06. The average Bonchev–Trinajstić information content (AvgIpc) is 2.94. The van der Waals surface area contributed by atoms with Gasteiger partial charge in [0.1, 0.15) is 5.01 Å². The van der Waals surface area contributed by atoms with E-state index in [1.54, 1.807) is 4.88 Å². The number of nitrogens with zero attached hydrogens (tertiary/aromatic N) is 1. The molecule has 1 aromatic heterocycles. The molecule has 2 unspecified atom stereocenters. The fourth-order valence-electron chi connectivity index (χ4n) is 3.62. The molecule has 2 aliphatic rings. The van der Waals surface area contributed by atoms with Crippen molar-refractivity contribution in [3.8, 4) is 0 Å². The molecule has 0 amide bonds. The molecule has 3 heteroatoms. The molecule has 18 heavy (non-hydrogen) atoms. The Balaban J connectivity index is 1.92. The van der Waals surface area contributed by atoms with Gasteiger partial charge in [-0.05, 0) is 57.4 Å². The SMILES string of the molecule is CCNC1(c2nc3c(s2)CCCC3)CCC(C)C1. The summed E-state index contributed by atoms with van der Waals surface area (Å²) in [7, 11) is 0. The van der Waals surface area contributed by atoms with E-state index < -0.39 is 0 Å². The minimum absolute atomic E-state index is 0.205. The normalized spacial score (nSPS) is 31.6. The van der Waals surface area contributed by atoms with Crippen LogP contribution in [0.3, 0.4) is 0 Å². The number of hydrogen-bond acceptors (Lipinski definition) is 3. The molecule has 0 aliphatic heterocycles. The van der Waals surface area contributed by atoms with E-state index in [4.69, 9.17) is 4.98 Å². The lowest BCUT2D eigenvalue weighted by atomic mass is 9.96. The first-order valence-electron chi connectivity index (χ1n) is 7.47. The molecule has 1 heterocycles. The van der Waals surface area contributed by atoms with Crippen molar-refractivity contribution in [3.63, 3.8) is 0 Å². The first-order valence-corrected chi connectivity index (χ1v) is 8.29. The summed E-state index contributed by atoms with van der Waals surface area (Å²) in [6, 6.07) is 0. The monoisotopic (exact) mass is 264 g/mol. The first kappa shape index (κ1) is 12.6. The van der Waals surface area contributed by atoms with Crippen molar-refractivity contribution in [3.05, 3.63) is 15.6 Å². The second kappa shape index (κ2) is 4.93. The van der Waals surface area contributed by atoms with Crippen molar-refractivity contribution in [2.45, 2.75) is 64.3 Å². The van der Waals surface area contributed by atoms with Gasteiger partial charge < -0.3 is 5.32 Å². The summed E-state index contributed by atoms with van der Waals surface area (Å²) in [6.45, 7) is 5.65. The van der Waals surface area contributed by atoms with Gasteiger partial charge in [-0.15, -0.1) is 11.3 Å². The van der Waals surface area contributed by atoms with Gasteiger partial charge >= 0.3 is 0 Å². The van der Waals surface area contributed by atoms with Gasteiger partial charge in [-0.2, -0.15) is 0 Å². The van der Waals surface area contributed by atoms with E-state index in [0.29, 0.717) is 0 Å². The summed E-state index contributed by atoms with van der Waals surface area (Å²) >= 11 is 2.00. The molecule has 1 aromatic rings. The quantitative estimate of drug-likeness (QED) is 0.901. The largest absolute Gasteiger partial charge is 0.306 e. The van der Waals surface area contributed by atoms with Gasteiger partial charge in [0.25, 0.3) is 0 Å². The maximum absolute atomic E-state index is 5.01. The topological polar surface area (TPSA) is 24.9 Å². The molecular formula is C15H24N2S. The number of hydrogen-bond donors (Lipinski definition) is 1. The van der Waals surface area contributed by atoms with Crippen LogP contribution in [0.5, 0.6) is 0 Å². The number of fused-ring (bicyclic) bond motifs is 1. The molecule has 0 aromatic carbocycles. The van der Waals surface area contributed by atoms with Crippen LogP contribution >= 0.6 is 11.3 Å². The van der Waals surface area contributed by atoms with E-state index in [9.17, 15) is 0 Å². The third-order valence-corrected chi connectivity index (χ3v) is 5.89. The number of rotatable bonds is 3. The van der Waals surface area contributed by atoms with Crippen molar-refractivity contribution < 1.29 is 0 Å². The summed E-state index contributed by atoms with van der Waals surface area (Å²) in [5.74, 6) is 0.838. The molecular weight excluding hydrogens is 240 g/mol. The molecule has 0 saturated heterocycles. The van der Waals surface area contributed by atoms with E-state index in [1.807, 2.05) is 11.3 Å². The van der Waals surface area contributed by atoms with E-state index >= 15 is 0 Å². The average molecular weight is 264 g/mol. The molecule has 0 spiro atoms. The lowest BCUT2D eigenvalue weighted by Gasteiger charge is -2.28. The molecule has 2 nitrogen and oxygen atoms in total. The lowest BCUT2D eigenvalue weighted by molar-refractivity contribution is 0.337. The van der Waals surface area contributed by atoms with Gasteiger partial charge in [-0.3, -0.25) is 0 Å².